The number of esters is 1. The summed E-state index contributed by atoms with van der Waals surface area (Å²) in [5.41, 5.74) is 5.14. The standard InChI is InChI=1S/C26H26O2/c1-3-5-6-7-21-10-12-22(13-11-21)23-16-18-25(19-17-23)28-26(27)24-14-8-20(4-2)9-15-24/h4,8-19H,2-3,5-7H2,1H3. The minimum absolute atomic E-state index is 0.361. The van der Waals surface area contributed by atoms with Gasteiger partial charge in [-0.1, -0.05) is 81.0 Å². The van der Waals surface area contributed by atoms with Crippen molar-refractivity contribution >= 4 is 12.0 Å². The fraction of sp³-hybridized carbons (Fsp3) is 0.192. The molecule has 0 aliphatic heterocycles. The van der Waals surface area contributed by atoms with E-state index < -0.39 is 0 Å². The van der Waals surface area contributed by atoms with Gasteiger partial charge in [0.25, 0.3) is 0 Å². The Morgan fingerprint density at radius 1 is 0.857 bits per heavy atom. The summed E-state index contributed by atoms with van der Waals surface area (Å²) >= 11 is 0. The van der Waals surface area contributed by atoms with Crippen molar-refractivity contribution in [3.8, 4) is 16.9 Å². The van der Waals surface area contributed by atoms with Gasteiger partial charge in [0.2, 0.25) is 0 Å². The second kappa shape index (κ2) is 9.70. The van der Waals surface area contributed by atoms with Crippen LogP contribution in [-0.2, 0) is 6.42 Å². The van der Waals surface area contributed by atoms with E-state index in [1.165, 1.54) is 24.8 Å². The summed E-state index contributed by atoms with van der Waals surface area (Å²) in [7, 11) is 0. The second-order valence-corrected chi connectivity index (χ2v) is 6.89. The van der Waals surface area contributed by atoms with Crippen LogP contribution in [0.15, 0.2) is 79.4 Å². The summed E-state index contributed by atoms with van der Waals surface area (Å²) in [6, 6.07) is 23.5. The zero-order chi connectivity index (χ0) is 19.8. The highest BCUT2D eigenvalue weighted by Gasteiger charge is 2.08. The van der Waals surface area contributed by atoms with Gasteiger partial charge in [0.1, 0.15) is 5.75 Å². The van der Waals surface area contributed by atoms with Crippen LogP contribution in [0, 0.1) is 0 Å². The van der Waals surface area contributed by atoms with Gasteiger partial charge in [-0.15, -0.1) is 0 Å². The molecule has 0 N–H and O–H groups in total. The number of hydrogen-bond acceptors (Lipinski definition) is 2. The smallest absolute Gasteiger partial charge is 0.343 e. The molecule has 0 atom stereocenters. The fourth-order valence-corrected chi connectivity index (χ4v) is 3.08. The lowest BCUT2D eigenvalue weighted by Crippen LogP contribution is -2.08. The molecule has 3 aromatic rings. The quantitative estimate of drug-likeness (QED) is 0.244. The summed E-state index contributed by atoms with van der Waals surface area (Å²) in [5.74, 6) is 0.178. The molecular formula is C26H26O2. The molecule has 28 heavy (non-hydrogen) atoms. The number of benzene rings is 3. The van der Waals surface area contributed by atoms with Crippen LogP contribution in [0.4, 0.5) is 0 Å². The number of hydrogen-bond donors (Lipinski definition) is 0. The molecule has 0 aromatic heterocycles. The Labute approximate surface area is 167 Å². The van der Waals surface area contributed by atoms with Gasteiger partial charge in [-0.25, -0.2) is 4.79 Å². The average molecular weight is 370 g/mol. The summed E-state index contributed by atoms with van der Waals surface area (Å²) in [6.45, 7) is 5.94. The Morgan fingerprint density at radius 2 is 1.46 bits per heavy atom. The first kappa shape index (κ1) is 19.6. The lowest BCUT2D eigenvalue weighted by Gasteiger charge is -2.07. The summed E-state index contributed by atoms with van der Waals surface area (Å²) < 4.78 is 5.47. The highest BCUT2D eigenvalue weighted by atomic mass is 16.5. The van der Waals surface area contributed by atoms with Crippen molar-refractivity contribution in [2.75, 3.05) is 0 Å². The predicted molar refractivity (Wildman–Crippen MR) is 117 cm³/mol. The van der Waals surface area contributed by atoms with Crippen LogP contribution in [0.2, 0.25) is 0 Å². The maximum Gasteiger partial charge on any atom is 0.343 e. The number of unbranched alkanes of at least 4 members (excludes halogenated alkanes) is 2. The van der Waals surface area contributed by atoms with Crippen LogP contribution in [0.25, 0.3) is 17.2 Å². The molecule has 142 valence electrons. The van der Waals surface area contributed by atoms with Gasteiger partial charge in [0.15, 0.2) is 0 Å². The molecule has 0 saturated carbocycles. The molecule has 0 aliphatic carbocycles. The molecule has 2 heteroatoms. The third kappa shape index (κ3) is 5.20. The Morgan fingerprint density at radius 3 is 2.04 bits per heavy atom. The van der Waals surface area contributed by atoms with Gasteiger partial charge >= 0.3 is 5.97 Å². The van der Waals surface area contributed by atoms with E-state index in [9.17, 15) is 4.79 Å². The maximum atomic E-state index is 12.3. The molecule has 0 aliphatic rings. The number of aryl methyl sites for hydroxylation is 1. The number of carbonyl (C=O) groups is 1. The number of carbonyl (C=O) groups excluding carboxylic acids is 1. The first-order chi connectivity index (χ1) is 13.7. The van der Waals surface area contributed by atoms with Crippen molar-refractivity contribution in [3.63, 3.8) is 0 Å². The fourth-order valence-electron chi connectivity index (χ4n) is 3.08. The normalized spacial score (nSPS) is 10.5. The minimum atomic E-state index is -0.361. The van der Waals surface area contributed by atoms with Gasteiger partial charge in [-0.2, -0.15) is 0 Å². The molecular weight excluding hydrogens is 344 g/mol. The van der Waals surface area contributed by atoms with E-state index in [0.29, 0.717) is 11.3 Å². The third-order valence-corrected chi connectivity index (χ3v) is 4.80. The molecule has 0 saturated heterocycles. The van der Waals surface area contributed by atoms with Crippen LogP contribution in [-0.4, -0.2) is 5.97 Å². The summed E-state index contributed by atoms with van der Waals surface area (Å²) in [5, 5.41) is 0. The third-order valence-electron chi connectivity index (χ3n) is 4.80. The van der Waals surface area contributed by atoms with E-state index in [4.69, 9.17) is 4.74 Å². The largest absolute Gasteiger partial charge is 0.423 e. The molecule has 0 unspecified atom stereocenters. The van der Waals surface area contributed by atoms with Gasteiger partial charge in [-0.05, 0) is 59.4 Å². The molecule has 0 spiro atoms. The second-order valence-electron chi connectivity index (χ2n) is 6.89. The molecule has 2 nitrogen and oxygen atoms in total. The van der Waals surface area contributed by atoms with Gasteiger partial charge in [0, 0.05) is 0 Å². The molecule has 0 heterocycles. The van der Waals surface area contributed by atoms with E-state index in [1.807, 2.05) is 36.4 Å². The highest BCUT2D eigenvalue weighted by molar-refractivity contribution is 5.91. The van der Waals surface area contributed by atoms with Crippen LogP contribution < -0.4 is 4.74 Å². The number of rotatable bonds is 8. The van der Waals surface area contributed by atoms with Gasteiger partial charge in [0.05, 0.1) is 5.56 Å². The Kier molecular flexibility index (Phi) is 6.80. The number of ether oxygens (including phenoxy) is 1. The summed E-state index contributed by atoms with van der Waals surface area (Å²) in [6.07, 6.45) is 6.64. The van der Waals surface area contributed by atoms with Gasteiger partial charge in [-0.3, -0.25) is 0 Å². The SMILES string of the molecule is C=Cc1ccc(C(=O)Oc2ccc(-c3ccc(CCCCC)cc3)cc2)cc1. The topological polar surface area (TPSA) is 26.3 Å². The lowest BCUT2D eigenvalue weighted by atomic mass is 10.0. The zero-order valence-corrected chi connectivity index (χ0v) is 16.4. The van der Waals surface area contributed by atoms with E-state index in [2.05, 4.69) is 37.8 Å². The Balaban J connectivity index is 1.62. The van der Waals surface area contributed by atoms with E-state index >= 15 is 0 Å². The molecule has 3 rings (SSSR count). The van der Waals surface area contributed by atoms with Crippen molar-refractivity contribution in [2.24, 2.45) is 0 Å². The molecule has 0 fully saturated rings. The Hall–Kier alpha value is -3.13. The van der Waals surface area contributed by atoms with Crippen molar-refractivity contribution < 1.29 is 9.53 Å². The molecule has 0 bridgehead atoms. The monoisotopic (exact) mass is 370 g/mol. The van der Waals surface area contributed by atoms with Crippen molar-refractivity contribution in [3.05, 3.63) is 96.1 Å². The van der Waals surface area contributed by atoms with Crippen molar-refractivity contribution in [2.45, 2.75) is 32.6 Å². The molecule has 0 amide bonds. The molecule has 3 aromatic carbocycles. The maximum absolute atomic E-state index is 12.3. The van der Waals surface area contributed by atoms with Crippen LogP contribution in [0.5, 0.6) is 5.75 Å². The van der Waals surface area contributed by atoms with Crippen LogP contribution in [0.3, 0.4) is 0 Å². The predicted octanol–water partition coefficient (Wildman–Crippen LogP) is 6.95. The highest BCUT2D eigenvalue weighted by Crippen LogP contribution is 2.24. The van der Waals surface area contributed by atoms with Gasteiger partial charge < -0.3 is 4.74 Å². The molecule has 0 radical (unpaired) electrons. The Bertz CT molecular complexity index is 904. The first-order valence-corrected chi connectivity index (χ1v) is 9.83. The minimum Gasteiger partial charge on any atom is -0.423 e. The van der Waals surface area contributed by atoms with E-state index in [-0.39, 0.29) is 5.97 Å². The van der Waals surface area contributed by atoms with E-state index in [1.54, 1.807) is 18.2 Å². The average Bonchev–Trinajstić information content (AvgIpc) is 2.75. The lowest BCUT2D eigenvalue weighted by molar-refractivity contribution is 0.0735. The van der Waals surface area contributed by atoms with Crippen LogP contribution >= 0.6 is 0 Å². The van der Waals surface area contributed by atoms with E-state index in [0.717, 1.165) is 23.1 Å². The van der Waals surface area contributed by atoms with Crippen LogP contribution in [0.1, 0.15) is 47.7 Å². The van der Waals surface area contributed by atoms with Crippen molar-refractivity contribution in [1.82, 2.24) is 0 Å². The summed E-state index contributed by atoms with van der Waals surface area (Å²) in [4.78, 5) is 12.3. The first-order valence-electron chi connectivity index (χ1n) is 9.83. The van der Waals surface area contributed by atoms with Crippen molar-refractivity contribution in [1.29, 1.82) is 0 Å². The zero-order valence-electron chi connectivity index (χ0n) is 16.4.